The molecule has 6 heteroatoms. The lowest BCUT2D eigenvalue weighted by molar-refractivity contribution is -0.167. The fraction of sp³-hybridized carbons (Fsp3) is 0.945. The minimum Gasteiger partial charge on any atom is -0.462 e. The standard InChI is InChI=1S/C55H106O6/c1-7-51(6)43-37-31-25-21-22-27-33-39-45-54(57)60-48-52(61-55(58)46-40-34-28-20-16-12-14-18-24-30-36-42-50(4)5)47-59-53(56)44-38-32-26-19-15-11-9-8-10-13-17-23-29-35-41-49(2)3/h49-52H,7-48H2,1-6H3/t51?,52-/m1/s1. The molecular weight excluding hydrogens is 757 g/mol. The maximum atomic E-state index is 12.8. The fourth-order valence-electron chi connectivity index (χ4n) is 8.26. The third kappa shape index (κ3) is 47.7. The molecule has 0 aromatic heterocycles. The first kappa shape index (κ1) is 59.4. The van der Waals surface area contributed by atoms with Crippen molar-refractivity contribution in [1.29, 1.82) is 0 Å². The summed E-state index contributed by atoms with van der Waals surface area (Å²) in [7, 11) is 0. The first-order chi connectivity index (χ1) is 29.6. The van der Waals surface area contributed by atoms with Gasteiger partial charge in [0.25, 0.3) is 0 Å². The number of carbonyl (C=O) groups excluding carboxylic acids is 3. The van der Waals surface area contributed by atoms with E-state index in [1.807, 2.05) is 0 Å². The summed E-state index contributed by atoms with van der Waals surface area (Å²) in [6.45, 7) is 13.7. The number of hydrogen-bond donors (Lipinski definition) is 0. The predicted molar refractivity (Wildman–Crippen MR) is 261 cm³/mol. The molecule has 0 heterocycles. The smallest absolute Gasteiger partial charge is 0.306 e. The molecule has 0 radical (unpaired) electrons. The van der Waals surface area contributed by atoms with Crippen LogP contribution in [0.5, 0.6) is 0 Å². The zero-order valence-electron chi connectivity index (χ0n) is 42.0. The van der Waals surface area contributed by atoms with Crippen LogP contribution in [0.25, 0.3) is 0 Å². The van der Waals surface area contributed by atoms with Crippen molar-refractivity contribution in [2.24, 2.45) is 17.8 Å². The van der Waals surface area contributed by atoms with Crippen molar-refractivity contribution >= 4 is 17.9 Å². The lowest BCUT2D eigenvalue weighted by atomic mass is 9.99. The van der Waals surface area contributed by atoms with Crippen molar-refractivity contribution in [3.63, 3.8) is 0 Å². The van der Waals surface area contributed by atoms with Crippen LogP contribution in [0.15, 0.2) is 0 Å². The molecule has 1 unspecified atom stereocenters. The molecular formula is C55H106O6. The van der Waals surface area contributed by atoms with Gasteiger partial charge in [-0.05, 0) is 37.0 Å². The van der Waals surface area contributed by atoms with E-state index in [2.05, 4.69) is 41.5 Å². The van der Waals surface area contributed by atoms with Gasteiger partial charge in [0.1, 0.15) is 13.2 Å². The Morgan fingerprint density at radius 3 is 0.852 bits per heavy atom. The number of ether oxygens (including phenoxy) is 3. The second kappa shape index (κ2) is 46.4. The van der Waals surface area contributed by atoms with Crippen LogP contribution in [0.4, 0.5) is 0 Å². The number of unbranched alkanes of at least 4 members (excludes halogenated alkanes) is 30. The molecule has 0 N–H and O–H groups in total. The Morgan fingerprint density at radius 2 is 0.574 bits per heavy atom. The van der Waals surface area contributed by atoms with Gasteiger partial charge in [0.2, 0.25) is 0 Å². The molecule has 0 aliphatic heterocycles. The van der Waals surface area contributed by atoms with Gasteiger partial charge >= 0.3 is 17.9 Å². The zero-order chi connectivity index (χ0) is 44.9. The summed E-state index contributed by atoms with van der Waals surface area (Å²) in [5.74, 6) is 1.67. The van der Waals surface area contributed by atoms with Gasteiger partial charge in [-0.1, -0.05) is 260 Å². The van der Waals surface area contributed by atoms with Gasteiger partial charge in [-0.15, -0.1) is 0 Å². The maximum absolute atomic E-state index is 12.8. The van der Waals surface area contributed by atoms with Crippen LogP contribution in [0.2, 0.25) is 0 Å². The Labute approximate surface area is 380 Å². The molecule has 0 amide bonds. The van der Waals surface area contributed by atoms with Gasteiger partial charge in [-0.2, -0.15) is 0 Å². The Morgan fingerprint density at radius 1 is 0.328 bits per heavy atom. The molecule has 0 bridgehead atoms. The second-order valence-corrected chi connectivity index (χ2v) is 20.1. The Hall–Kier alpha value is -1.59. The highest BCUT2D eigenvalue weighted by atomic mass is 16.6. The lowest BCUT2D eigenvalue weighted by Crippen LogP contribution is -2.30. The van der Waals surface area contributed by atoms with E-state index in [-0.39, 0.29) is 31.1 Å². The molecule has 0 aliphatic rings. The Bertz CT molecular complexity index is 947. The van der Waals surface area contributed by atoms with E-state index < -0.39 is 6.10 Å². The fourth-order valence-corrected chi connectivity index (χ4v) is 8.26. The van der Waals surface area contributed by atoms with Gasteiger partial charge in [0.05, 0.1) is 0 Å². The molecule has 0 aromatic rings. The van der Waals surface area contributed by atoms with Gasteiger partial charge in [-0.3, -0.25) is 14.4 Å². The summed E-state index contributed by atoms with van der Waals surface area (Å²) < 4.78 is 16.8. The Kier molecular flexibility index (Phi) is 45.2. The van der Waals surface area contributed by atoms with E-state index in [9.17, 15) is 14.4 Å². The molecule has 0 aliphatic carbocycles. The number of rotatable bonds is 48. The van der Waals surface area contributed by atoms with Crippen molar-refractivity contribution in [2.75, 3.05) is 13.2 Å². The van der Waals surface area contributed by atoms with Gasteiger partial charge in [0, 0.05) is 19.3 Å². The highest BCUT2D eigenvalue weighted by Crippen LogP contribution is 2.18. The molecule has 6 nitrogen and oxygen atoms in total. The van der Waals surface area contributed by atoms with Crippen LogP contribution < -0.4 is 0 Å². The molecule has 0 spiro atoms. The summed E-state index contributed by atoms with van der Waals surface area (Å²) in [5, 5.41) is 0. The third-order valence-corrected chi connectivity index (χ3v) is 12.8. The number of esters is 3. The monoisotopic (exact) mass is 863 g/mol. The van der Waals surface area contributed by atoms with Crippen LogP contribution in [-0.2, 0) is 28.6 Å². The summed E-state index contributed by atoms with van der Waals surface area (Å²) in [4.78, 5) is 38.0. The second-order valence-electron chi connectivity index (χ2n) is 20.1. The van der Waals surface area contributed by atoms with Gasteiger partial charge < -0.3 is 14.2 Å². The molecule has 0 aromatic carbocycles. The van der Waals surface area contributed by atoms with E-state index in [0.29, 0.717) is 19.3 Å². The lowest BCUT2D eigenvalue weighted by Gasteiger charge is -2.18. The van der Waals surface area contributed by atoms with Crippen LogP contribution in [0, 0.1) is 17.8 Å². The van der Waals surface area contributed by atoms with Crippen LogP contribution in [-0.4, -0.2) is 37.2 Å². The number of hydrogen-bond acceptors (Lipinski definition) is 6. The molecule has 0 fully saturated rings. The average Bonchev–Trinajstić information content (AvgIpc) is 3.23. The van der Waals surface area contributed by atoms with Crippen LogP contribution >= 0.6 is 0 Å². The topological polar surface area (TPSA) is 78.9 Å². The highest BCUT2D eigenvalue weighted by molar-refractivity contribution is 5.71. The molecule has 0 rings (SSSR count). The molecule has 2 atom stereocenters. The van der Waals surface area contributed by atoms with Crippen LogP contribution in [0.1, 0.15) is 298 Å². The maximum Gasteiger partial charge on any atom is 0.306 e. The summed E-state index contributed by atoms with van der Waals surface area (Å²) >= 11 is 0. The van der Waals surface area contributed by atoms with Crippen molar-refractivity contribution < 1.29 is 28.6 Å². The summed E-state index contributed by atoms with van der Waals surface area (Å²) in [5.41, 5.74) is 0. The van der Waals surface area contributed by atoms with Gasteiger partial charge in [0.15, 0.2) is 6.10 Å². The van der Waals surface area contributed by atoms with E-state index >= 15 is 0 Å². The van der Waals surface area contributed by atoms with E-state index in [0.717, 1.165) is 75.5 Å². The summed E-state index contributed by atoms with van der Waals surface area (Å²) in [6, 6.07) is 0. The molecule has 61 heavy (non-hydrogen) atoms. The quantitative estimate of drug-likeness (QED) is 0.0344. The first-order valence-electron chi connectivity index (χ1n) is 27.1. The SMILES string of the molecule is CCC(C)CCCCCCCCCCC(=O)OC[C@@H](COC(=O)CCCCCCCCCCCCCCCCC(C)C)OC(=O)CCCCCCCCCCCCCC(C)C. The average molecular weight is 863 g/mol. The normalized spacial score (nSPS) is 12.6. The minimum absolute atomic E-state index is 0.0644. The number of carbonyl (C=O) groups is 3. The van der Waals surface area contributed by atoms with E-state index in [1.165, 1.54) is 180 Å². The van der Waals surface area contributed by atoms with E-state index in [1.54, 1.807) is 0 Å². The minimum atomic E-state index is -0.763. The van der Waals surface area contributed by atoms with Crippen molar-refractivity contribution in [2.45, 2.75) is 304 Å². The Balaban J connectivity index is 4.31. The van der Waals surface area contributed by atoms with Crippen LogP contribution in [0.3, 0.4) is 0 Å². The first-order valence-corrected chi connectivity index (χ1v) is 27.1. The molecule has 362 valence electrons. The largest absolute Gasteiger partial charge is 0.462 e. The van der Waals surface area contributed by atoms with Crippen molar-refractivity contribution in [3.8, 4) is 0 Å². The highest BCUT2D eigenvalue weighted by Gasteiger charge is 2.19. The van der Waals surface area contributed by atoms with E-state index in [4.69, 9.17) is 14.2 Å². The third-order valence-electron chi connectivity index (χ3n) is 12.8. The van der Waals surface area contributed by atoms with Crippen molar-refractivity contribution in [1.82, 2.24) is 0 Å². The van der Waals surface area contributed by atoms with Gasteiger partial charge in [-0.25, -0.2) is 0 Å². The summed E-state index contributed by atoms with van der Waals surface area (Å²) in [6.07, 6.45) is 46.6. The molecule has 0 saturated heterocycles. The predicted octanol–water partition coefficient (Wildman–Crippen LogP) is 17.6. The molecule has 0 saturated carbocycles. The zero-order valence-corrected chi connectivity index (χ0v) is 42.0. The van der Waals surface area contributed by atoms with Crippen molar-refractivity contribution in [3.05, 3.63) is 0 Å².